The summed E-state index contributed by atoms with van der Waals surface area (Å²) in [4.78, 5) is 8.99. The van der Waals surface area contributed by atoms with E-state index in [0.717, 1.165) is 42.5 Å². The Morgan fingerprint density at radius 2 is 2.00 bits per heavy atom. The minimum absolute atomic E-state index is 0.794. The van der Waals surface area contributed by atoms with Crippen molar-refractivity contribution in [2.75, 3.05) is 17.2 Å². The Balaban J connectivity index is 2.22. The minimum atomic E-state index is 0.794. The summed E-state index contributed by atoms with van der Waals surface area (Å²) in [5.74, 6) is 2.50. The maximum atomic E-state index is 4.51. The van der Waals surface area contributed by atoms with Gasteiger partial charge >= 0.3 is 0 Å². The Kier molecular flexibility index (Phi) is 4.33. The monoisotopic (exact) mass is 260 g/mol. The highest BCUT2D eigenvalue weighted by molar-refractivity contribution is 5.57. The van der Waals surface area contributed by atoms with E-state index in [1.807, 2.05) is 19.3 Å². The molecule has 0 saturated carbocycles. The van der Waals surface area contributed by atoms with Crippen molar-refractivity contribution in [3.8, 4) is 0 Å². The van der Waals surface area contributed by atoms with E-state index in [2.05, 4.69) is 39.5 Å². The molecule has 0 aromatic carbocycles. The molecule has 0 amide bonds. The zero-order chi connectivity index (χ0) is 13.7. The largest absolute Gasteiger partial charge is 0.370 e. The molecule has 0 fully saturated rings. The lowest BCUT2D eigenvalue weighted by molar-refractivity contribution is 0.768. The number of rotatable bonds is 6. The van der Waals surface area contributed by atoms with Crippen LogP contribution in [0.5, 0.6) is 0 Å². The summed E-state index contributed by atoms with van der Waals surface area (Å²) in [6.07, 6.45) is 5.59. The van der Waals surface area contributed by atoms with Gasteiger partial charge in [0.25, 0.3) is 0 Å². The van der Waals surface area contributed by atoms with Crippen LogP contribution in [0.3, 0.4) is 0 Å². The second-order valence-corrected chi connectivity index (χ2v) is 4.36. The first-order valence-electron chi connectivity index (χ1n) is 6.58. The highest BCUT2D eigenvalue weighted by atomic mass is 15.3. The zero-order valence-corrected chi connectivity index (χ0v) is 11.6. The number of aryl methyl sites for hydroxylation is 2. The van der Waals surface area contributed by atoms with Crippen molar-refractivity contribution in [1.82, 2.24) is 19.7 Å². The molecular weight excluding hydrogens is 240 g/mol. The zero-order valence-electron chi connectivity index (χ0n) is 11.6. The van der Waals surface area contributed by atoms with Crippen LogP contribution >= 0.6 is 0 Å². The average Bonchev–Trinajstić information content (AvgIpc) is 2.75. The lowest BCUT2D eigenvalue weighted by Crippen LogP contribution is -2.06. The molecule has 102 valence electrons. The summed E-state index contributed by atoms with van der Waals surface area (Å²) < 4.78 is 1.75. The molecule has 0 bridgehead atoms. The maximum Gasteiger partial charge on any atom is 0.136 e. The Morgan fingerprint density at radius 1 is 1.21 bits per heavy atom. The van der Waals surface area contributed by atoms with Gasteiger partial charge in [0.1, 0.15) is 17.5 Å². The van der Waals surface area contributed by atoms with Crippen LogP contribution in [-0.2, 0) is 13.5 Å². The van der Waals surface area contributed by atoms with Gasteiger partial charge in [0, 0.05) is 32.3 Å². The predicted octanol–water partition coefficient (Wildman–Crippen LogP) is 2.34. The topological polar surface area (TPSA) is 67.7 Å². The molecular formula is C13H20N6. The molecule has 0 aliphatic heterocycles. The van der Waals surface area contributed by atoms with Gasteiger partial charge in [-0.25, -0.2) is 9.97 Å². The van der Waals surface area contributed by atoms with Gasteiger partial charge in [-0.3, -0.25) is 4.68 Å². The van der Waals surface area contributed by atoms with Gasteiger partial charge in [0.05, 0.1) is 11.9 Å². The Labute approximate surface area is 113 Å². The summed E-state index contributed by atoms with van der Waals surface area (Å²) >= 11 is 0. The van der Waals surface area contributed by atoms with E-state index in [1.54, 1.807) is 10.9 Å². The van der Waals surface area contributed by atoms with E-state index in [9.17, 15) is 0 Å². The van der Waals surface area contributed by atoms with E-state index in [1.165, 1.54) is 0 Å². The molecule has 0 unspecified atom stereocenters. The van der Waals surface area contributed by atoms with Gasteiger partial charge in [0.2, 0.25) is 0 Å². The fourth-order valence-electron chi connectivity index (χ4n) is 1.80. The molecule has 0 spiro atoms. The summed E-state index contributed by atoms with van der Waals surface area (Å²) in [6, 6.07) is 1.91. The molecule has 2 N–H and O–H groups in total. The third-order valence-corrected chi connectivity index (χ3v) is 2.58. The molecule has 2 aromatic rings. The van der Waals surface area contributed by atoms with Crippen molar-refractivity contribution in [1.29, 1.82) is 0 Å². The van der Waals surface area contributed by atoms with Gasteiger partial charge < -0.3 is 10.6 Å². The predicted molar refractivity (Wildman–Crippen MR) is 76.7 cm³/mol. The van der Waals surface area contributed by atoms with Crippen LogP contribution in [0.2, 0.25) is 0 Å². The summed E-state index contributed by atoms with van der Waals surface area (Å²) in [7, 11) is 1.89. The van der Waals surface area contributed by atoms with Crippen LogP contribution in [0.15, 0.2) is 18.5 Å². The van der Waals surface area contributed by atoms with Gasteiger partial charge in [0.15, 0.2) is 0 Å². The molecule has 0 aliphatic carbocycles. The first kappa shape index (κ1) is 13.3. The molecule has 2 rings (SSSR count). The Hall–Kier alpha value is -2.11. The number of nitrogens with zero attached hydrogens (tertiary/aromatic N) is 4. The average molecular weight is 260 g/mol. The molecule has 0 aliphatic rings. The SMILES string of the molecule is CCCc1nc(NCC)cc(Nc2cnn(C)c2)n1. The van der Waals surface area contributed by atoms with Crippen molar-refractivity contribution in [2.24, 2.45) is 7.05 Å². The van der Waals surface area contributed by atoms with Crippen molar-refractivity contribution in [3.63, 3.8) is 0 Å². The third kappa shape index (κ3) is 3.67. The van der Waals surface area contributed by atoms with E-state index < -0.39 is 0 Å². The van der Waals surface area contributed by atoms with E-state index in [-0.39, 0.29) is 0 Å². The number of hydrogen-bond donors (Lipinski definition) is 2. The molecule has 19 heavy (non-hydrogen) atoms. The van der Waals surface area contributed by atoms with Gasteiger partial charge in [-0.05, 0) is 13.3 Å². The van der Waals surface area contributed by atoms with Crippen LogP contribution in [-0.4, -0.2) is 26.3 Å². The standard InChI is InChI=1S/C13H20N6/c1-4-6-11-17-12(14-5-2)7-13(18-11)16-10-8-15-19(3)9-10/h7-9H,4-6H2,1-3H3,(H2,14,16,17,18). The Morgan fingerprint density at radius 3 is 2.63 bits per heavy atom. The Bertz CT molecular complexity index is 509. The third-order valence-electron chi connectivity index (χ3n) is 2.58. The molecule has 0 saturated heterocycles. The van der Waals surface area contributed by atoms with Crippen molar-refractivity contribution in [3.05, 3.63) is 24.3 Å². The normalized spacial score (nSPS) is 10.5. The van der Waals surface area contributed by atoms with E-state index in [4.69, 9.17) is 0 Å². The molecule has 6 nitrogen and oxygen atoms in total. The van der Waals surface area contributed by atoms with Crippen LogP contribution in [0.25, 0.3) is 0 Å². The van der Waals surface area contributed by atoms with E-state index in [0.29, 0.717) is 0 Å². The van der Waals surface area contributed by atoms with E-state index >= 15 is 0 Å². The molecule has 6 heteroatoms. The lowest BCUT2D eigenvalue weighted by Gasteiger charge is -2.09. The maximum absolute atomic E-state index is 4.51. The molecule has 2 heterocycles. The van der Waals surface area contributed by atoms with Gasteiger partial charge in [-0.15, -0.1) is 0 Å². The number of nitrogens with one attached hydrogen (secondary N) is 2. The van der Waals surface area contributed by atoms with Crippen LogP contribution in [0.1, 0.15) is 26.1 Å². The van der Waals surface area contributed by atoms with Crippen molar-refractivity contribution < 1.29 is 0 Å². The fourth-order valence-corrected chi connectivity index (χ4v) is 1.80. The molecule has 2 aromatic heterocycles. The van der Waals surface area contributed by atoms with Gasteiger partial charge in [-0.2, -0.15) is 5.10 Å². The van der Waals surface area contributed by atoms with Crippen LogP contribution < -0.4 is 10.6 Å². The smallest absolute Gasteiger partial charge is 0.136 e. The highest BCUT2D eigenvalue weighted by Gasteiger charge is 2.05. The lowest BCUT2D eigenvalue weighted by atomic mass is 10.3. The number of aromatic nitrogens is 4. The van der Waals surface area contributed by atoms with Crippen LogP contribution in [0.4, 0.5) is 17.3 Å². The van der Waals surface area contributed by atoms with Crippen molar-refractivity contribution >= 4 is 17.3 Å². The van der Waals surface area contributed by atoms with Gasteiger partial charge in [-0.1, -0.05) is 6.92 Å². The number of anilines is 3. The second-order valence-electron chi connectivity index (χ2n) is 4.36. The summed E-state index contributed by atoms with van der Waals surface area (Å²) in [5, 5.41) is 10.6. The van der Waals surface area contributed by atoms with Crippen molar-refractivity contribution in [2.45, 2.75) is 26.7 Å². The summed E-state index contributed by atoms with van der Waals surface area (Å²) in [5.41, 5.74) is 0.922. The molecule has 0 atom stereocenters. The summed E-state index contributed by atoms with van der Waals surface area (Å²) in [6.45, 7) is 5.02. The fraction of sp³-hybridized carbons (Fsp3) is 0.462. The quantitative estimate of drug-likeness (QED) is 0.834. The number of hydrogen-bond acceptors (Lipinski definition) is 5. The first-order valence-corrected chi connectivity index (χ1v) is 6.58. The molecule has 0 radical (unpaired) electrons. The second kappa shape index (κ2) is 6.17. The minimum Gasteiger partial charge on any atom is -0.370 e. The highest BCUT2D eigenvalue weighted by Crippen LogP contribution is 2.17. The first-order chi connectivity index (χ1) is 9.21. The van der Waals surface area contributed by atoms with Crippen LogP contribution in [0, 0.1) is 0 Å².